The summed E-state index contributed by atoms with van der Waals surface area (Å²) >= 11 is 0. The van der Waals surface area contributed by atoms with Crippen molar-refractivity contribution in [1.82, 2.24) is 0 Å². The first-order valence-electron chi connectivity index (χ1n) is 15.5. The highest BCUT2D eigenvalue weighted by Gasteiger charge is 2.42. The van der Waals surface area contributed by atoms with Gasteiger partial charge < -0.3 is 9.47 Å². The van der Waals surface area contributed by atoms with E-state index in [0.717, 1.165) is 33.6 Å². The molecule has 2 nitrogen and oxygen atoms in total. The number of ether oxygens (including phenoxy) is 2. The van der Waals surface area contributed by atoms with Crippen molar-refractivity contribution in [3.8, 4) is 22.6 Å². The van der Waals surface area contributed by atoms with E-state index in [2.05, 4.69) is 146 Å². The van der Waals surface area contributed by atoms with Crippen LogP contribution in [0.15, 0.2) is 152 Å². The Labute approximate surface area is 262 Å². The van der Waals surface area contributed by atoms with Crippen molar-refractivity contribution in [1.29, 1.82) is 0 Å². The molecule has 2 unspecified atom stereocenters. The van der Waals surface area contributed by atoms with Gasteiger partial charge in [-0.15, -0.1) is 0 Å². The third-order valence-corrected chi connectivity index (χ3v) is 9.66. The van der Waals surface area contributed by atoms with E-state index in [1.54, 1.807) is 7.11 Å². The SMILES string of the molecule is COc1ccc(C2(c3ccccc3)C=Cc3c4c(c5ccccc5c3O2)C(c2ccccc2)c2ccc3ccccc3c2-4)cc1. The first-order valence-corrected chi connectivity index (χ1v) is 15.5. The fourth-order valence-electron chi connectivity index (χ4n) is 7.64. The van der Waals surface area contributed by atoms with E-state index in [-0.39, 0.29) is 5.92 Å². The van der Waals surface area contributed by atoms with Gasteiger partial charge in [-0.2, -0.15) is 0 Å². The monoisotopic (exact) mass is 578 g/mol. The second-order valence-corrected chi connectivity index (χ2v) is 11.9. The summed E-state index contributed by atoms with van der Waals surface area (Å²) in [6.07, 6.45) is 4.57. The van der Waals surface area contributed by atoms with Gasteiger partial charge in [0.2, 0.25) is 0 Å². The van der Waals surface area contributed by atoms with Gasteiger partial charge in [-0.25, -0.2) is 0 Å². The standard InChI is InChI=1S/C43H30O2/c1-44-32-23-21-31(22-24-32)43(30-15-6-3-7-16-30)27-26-37-41-39-33-17-9-8-12-28(33)20-25-36(39)38(29-13-4-2-5-14-29)40(41)34-18-10-11-19-35(34)42(37)45-43/h2-27,38H,1H3. The van der Waals surface area contributed by atoms with E-state index in [9.17, 15) is 0 Å². The topological polar surface area (TPSA) is 18.5 Å². The van der Waals surface area contributed by atoms with E-state index in [1.807, 2.05) is 12.1 Å². The van der Waals surface area contributed by atoms with Gasteiger partial charge in [-0.1, -0.05) is 133 Å². The maximum Gasteiger partial charge on any atom is 0.178 e. The first kappa shape index (κ1) is 25.9. The molecular formula is C43H30O2. The lowest BCUT2D eigenvalue weighted by Crippen LogP contribution is -2.34. The van der Waals surface area contributed by atoms with Crippen molar-refractivity contribution in [2.24, 2.45) is 0 Å². The van der Waals surface area contributed by atoms with Crippen molar-refractivity contribution < 1.29 is 9.47 Å². The Balaban J connectivity index is 1.39. The second-order valence-electron chi connectivity index (χ2n) is 11.9. The quantitative estimate of drug-likeness (QED) is 0.207. The molecule has 214 valence electrons. The zero-order valence-electron chi connectivity index (χ0n) is 24.9. The van der Waals surface area contributed by atoms with Gasteiger partial charge in [-0.05, 0) is 68.3 Å². The summed E-state index contributed by atoms with van der Waals surface area (Å²) in [5.41, 5.74) is 9.04. The molecule has 45 heavy (non-hydrogen) atoms. The fraction of sp³-hybridized carbons (Fsp3) is 0.0698. The molecule has 0 bridgehead atoms. The zero-order chi connectivity index (χ0) is 30.0. The summed E-state index contributed by atoms with van der Waals surface area (Å²) in [6, 6.07) is 51.9. The lowest BCUT2D eigenvalue weighted by Gasteiger charge is -2.37. The number of fused-ring (bicyclic) bond motifs is 10. The summed E-state index contributed by atoms with van der Waals surface area (Å²) in [4.78, 5) is 0. The van der Waals surface area contributed by atoms with E-state index in [1.165, 1.54) is 44.0 Å². The molecule has 7 aromatic rings. The Bertz CT molecular complexity index is 2270. The molecule has 1 aliphatic heterocycles. The number of rotatable bonds is 4. The molecule has 0 amide bonds. The van der Waals surface area contributed by atoms with Gasteiger partial charge in [0, 0.05) is 28.0 Å². The van der Waals surface area contributed by atoms with Gasteiger partial charge in [0.15, 0.2) is 5.60 Å². The molecule has 1 aliphatic carbocycles. The minimum absolute atomic E-state index is 0.117. The Morgan fingerprint density at radius 3 is 1.98 bits per heavy atom. The van der Waals surface area contributed by atoms with Crippen LogP contribution >= 0.6 is 0 Å². The van der Waals surface area contributed by atoms with Crippen LogP contribution in [-0.4, -0.2) is 7.11 Å². The predicted octanol–water partition coefficient (Wildman–Crippen LogP) is 10.5. The Morgan fingerprint density at radius 1 is 0.578 bits per heavy atom. The summed E-state index contributed by atoms with van der Waals surface area (Å²) < 4.78 is 13.0. The Hall–Kier alpha value is -5.60. The zero-order valence-corrected chi connectivity index (χ0v) is 24.9. The summed E-state index contributed by atoms with van der Waals surface area (Å²) in [5.74, 6) is 1.85. The molecule has 0 radical (unpaired) electrons. The number of methoxy groups -OCH3 is 1. The molecule has 7 aromatic carbocycles. The summed E-state index contributed by atoms with van der Waals surface area (Å²) in [5, 5.41) is 4.88. The normalized spacial score (nSPS) is 17.8. The van der Waals surface area contributed by atoms with Crippen LogP contribution in [0.4, 0.5) is 0 Å². The van der Waals surface area contributed by atoms with Crippen LogP contribution in [0.1, 0.15) is 39.3 Å². The van der Waals surface area contributed by atoms with E-state index < -0.39 is 5.60 Å². The van der Waals surface area contributed by atoms with E-state index in [4.69, 9.17) is 9.47 Å². The lowest BCUT2D eigenvalue weighted by molar-refractivity contribution is 0.163. The molecule has 9 rings (SSSR count). The van der Waals surface area contributed by atoms with Crippen LogP contribution in [0.3, 0.4) is 0 Å². The molecule has 0 saturated heterocycles. The highest BCUT2D eigenvalue weighted by molar-refractivity contribution is 6.11. The maximum atomic E-state index is 7.44. The third-order valence-electron chi connectivity index (χ3n) is 9.66. The van der Waals surface area contributed by atoms with E-state index >= 15 is 0 Å². The summed E-state index contributed by atoms with van der Waals surface area (Å²) in [6.45, 7) is 0. The van der Waals surface area contributed by atoms with Gasteiger partial charge in [0.25, 0.3) is 0 Å². The van der Waals surface area contributed by atoms with Gasteiger partial charge in [-0.3, -0.25) is 0 Å². The minimum Gasteiger partial charge on any atom is -0.497 e. The minimum atomic E-state index is -0.809. The molecule has 0 N–H and O–H groups in total. The van der Waals surface area contributed by atoms with Crippen LogP contribution in [0, 0.1) is 0 Å². The van der Waals surface area contributed by atoms with Crippen LogP contribution in [0.25, 0.3) is 38.7 Å². The van der Waals surface area contributed by atoms with Crippen molar-refractivity contribution in [3.63, 3.8) is 0 Å². The molecular weight excluding hydrogens is 548 g/mol. The van der Waals surface area contributed by atoms with Gasteiger partial charge in [0.05, 0.1) is 7.11 Å². The molecule has 2 heteroatoms. The lowest BCUT2D eigenvalue weighted by atomic mass is 9.81. The van der Waals surface area contributed by atoms with Crippen LogP contribution in [-0.2, 0) is 5.60 Å². The van der Waals surface area contributed by atoms with Crippen molar-refractivity contribution in [2.45, 2.75) is 11.5 Å². The average molecular weight is 579 g/mol. The van der Waals surface area contributed by atoms with Crippen molar-refractivity contribution >= 4 is 27.6 Å². The number of hydrogen-bond donors (Lipinski definition) is 0. The maximum absolute atomic E-state index is 7.44. The fourth-order valence-corrected chi connectivity index (χ4v) is 7.64. The number of hydrogen-bond acceptors (Lipinski definition) is 2. The van der Waals surface area contributed by atoms with Gasteiger partial charge in [0.1, 0.15) is 11.5 Å². The van der Waals surface area contributed by atoms with Crippen LogP contribution in [0.2, 0.25) is 0 Å². The average Bonchev–Trinajstić information content (AvgIpc) is 3.48. The predicted molar refractivity (Wildman–Crippen MR) is 184 cm³/mol. The molecule has 2 atom stereocenters. The van der Waals surface area contributed by atoms with Crippen molar-refractivity contribution in [2.75, 3.05) is 7.11 Å². The first-order chi connectivity index (χ1) is 22.3. The largest absolute Gasteiger partial charge is 0.497 e. The summed E-state index contributed by atoms with van der Waals surface area (Å²) in [7, 11) is 1.70. The van der Waals surface area contributed by atoms with Crippen molar-refractivity contribution in [3.05, 3.63) is 185 Å². The van der Waals surface area contributed by atoms with Gasteiger partial charge >= 0.3 is 0 Å². The smallest absolute Gasteiger partial charge is 0.178 e. The molecule has 1 heterocycles. The Kier molecular flexibility index (Phi) is 5.73. The molecule has 0 spiro atoms. The molecule has 0 fully saturated rings. The molecule has 0 saturated carbocycles. The number of benzene rings is 7. The van der Waals surface area contributed by atoms with E-state index in [0.29, 0.717) is 0 Å². The Morgan fingerprint density at radius 2 is 1.22 bits per heavy atom. The highest BCUT2D eigenvalue weighted by Crippen LogP contribution is 2.59. The molecule has 0 aromatic heterocycles. The third kappa shape index (κ3) is 3.76. The van der Waals surface area contributed by atoms with Crippen LogP contribution in [0.5, 0.6) is 11.5 Å². The van der Waals surface area contributed by atoms with Crippen LogP contribution < -0.4 is 9.47 Å². The molecule has 2 aliphatic rings. The highest BCUT2D eigenvalue weighted by atomic mass is 16.5. The second kappa shape index (κ2) is 9.97.